The van der Waals surface area contributed by atoms with Crippen LogP contribution in [0.1, 0.15) is 13.8 Å². The Morgan fingerprint density at radius 1 is 0.488 bits per heavy atom. The third kappa shape index (κ3) is 18.9. The molecular weight excluding hydrogens is 1280 g/mol. The fourth-order valence-electron chi connectivity index (χ4n) is 10.0. The zero-order valence-electron chi connectivity index (χ0n) is 44.3. The quantitative estimate of drug-likeness (QED) is 0.0340. The van der Waals surface area contributed by atoms with Crippen LogP contribution >= 0.6 is 0 Å². The van der Waals surface area contributed by atoms with E-state index < -0.39 is 277 Å². The van der Waals surface area contributed by atoms with Crippen LogP contribution in [0.25, 0.3) is 0 Å². The van der Waals surface area contributed by atoms with Crippen molar-refractivity contribution in [3.05, 3.63) is 11.8 Å². The van der Waals surface area contributed by atoms with Gasteiger partial charge in [-0.3, -0.25) is 18.2 Å². The fraction of sp³-hybridized carbons (Fsp3) is 0.902. The number of carboxylic acid groups (broad SMARTS) is 2. The van der Waals surface area contributed by atoms with Crippen LogP contribution in [0.3, 0.4) is 0 Å². The van der Waals surface area contributed by atoms with E-state index in [0.717, 1.165) is 6.92 Å². The first-order valence-corrected chi connectivity index (χ1v) is 30.7. The minimum absolute atomic E-state index is 0.562. The Bertz CT molecular complexity index is 2760. The molecule has 0 aromatic rings. The van der Waals surface area contributed by atoms with Crippen molar-refractivity contribution in [2.24, 2.45) is 29.6 Å². The van der Waals surface area contributed by atoms with E-state index in [9.17, 15) is 123 Å². The van der Waals surface area contributed by atoms with Crippen LogP contribution in [0.5, 0.6) is 0 Å². The van der Waals surface area contributed by atoms with Gasteiger partial charge in [0.15, 0.2) is 37.4 Å². The molecule has 0 saturated carbocycles. The van der Waals surface area contributed by atoms with E-state index in [2.05, 4.69) is 16.7 Å². The molecule has 45 heteroatoms. The Kier molecular flexibility index (Phi) is 24.9. The van der Waals surface area contributed by atoms with Crippen molar-refractivity contribution in [2.75, 3.05) is 52.9 Å². The number of carboxylic acids is 2. The second-order valence-corrected chi connectivity index (χ2v) is 24.5. The maximum atomic E-state index is 12.6. The second-order valence-electron chi connectivity index (χ2n) is 20.3. The van der Waals surface area contributed by atoms with E-state index >= 15 is 0 Å². The predicted octanol–water partition coefficient (Wildman–Crippen LogP) is -9.48. The van der Waals surface area contributed by atoms with Crippen LogP contribution in [-0.2, 0) is 120 Å². The molecule has 0 radical (unpaired) electrons. The van der Waals surface area contributed by atoms with Crippen molar-refractivity contribution in [3.63, 3.8) is 0 Å². The molecule has 500 valence electrons. The first-order chi connectivity index (χ1) is 39.8. The highest BCUT2D eigenvalue weighted by Crippen LogP contribution is 2.39. The highest BCUT2D eigenvalue weighted by atomic mass is 32.3. The molecule has 0 aromatic heterocycles. The van der Waals surface area contributed by atoms with Crippen LogP contribution < -0.4 is 0 Å². The summed E-state index contributed by atoms with van der Waals surface area (Å²) in [5.74, 6) is -12.4. The molecule has 27 atom stereocenters. The van der Waals surface area contributed by atoms with E-state index in [1.54, 1.807) is 0 Å². The Hall–Kier alpha value is -2.84. The summed E-state index contributed by atoms with van der Waals surface area (Å²) in [4.78, 5) is 24.4. The number of ether oxygens (including phenoxy) is 11. The smallest absolute Gasteiger partial charge is 0.397 e. The minimum Gasteiger partial charge on any atom is -0.479 e. The van der Waals surface area contributed by atoms with Crippen LogP contribution in [0.4, 0.5) is 0 Å². The van der Waals surface area contributed by atoms with Gasteiger partial charge in [0, 0.05) is 29.6 Å². The molecule has 0 spiro atoms. The van der Waals surface area contributed by atoms with Crippen molar-refractivity contribution >= 4 is 53.5 Å². The van der Waals surface area contributed by atoms with Crippen molar-refractivity contribution in [3.8, 4) is 0 Å². The van der Waals surface area contributed by atoms with Crippen LogP contribution in [0, 0.1) is 29.6 Å². The summed E-state index contributed by atoms with van der Waals surface area (Å²) in [6.07, 6.45) is -43.8. The zero-order chi connectivity index (χ0) is 64.3. The number of aliphatic carboxylic acids is 2. The van der Waals surface area contributed by atoms with Gasteiger partial charge in [-0.1, -0.05) is 0 Å². The molecule has 16 N–H and O–H groups in total. The largest absolute Gasteiger partial charge is 0.479 e. The molecule has 0 amide bonds. The Balaban J connectivity index is 1.26. The fourth-order valence-corrected chi connectivity index (χ4v) is 11.9. The van der Waals surface area contributed by atoms with Crippen LogP contribution in [-0.4, -0.2) is 313 Å². The van der Waals surface area contributed by atoms with E-state index in [0.29, 0.717) is 6.08 Å². The summed E-state index contributed by atoms with van der Waals surface area (Å²) in [6, 6.07) is 0. The number of hydrogen-bond acceptors (Lipinski definition) is 35. The maximum Gasteiger partial charge on any atom is 0.397 e. The van der Waals surface area contributed by atoms with Gasteiger partial charge in [0.05, 0.1) is 83.4 Å². The highest BCUT2D eigenvalue weighted by molar-refractivity contribution is 7.81. The Morgan fingerprint density at radius 3 is 1.59 bits per heavy atom. The van der Waals surface area contributed by atoms with Crippen molar-refractivity contribution in [1.29, 1.82) is 0 Å². The van der Waals surface area contributed by atoms with Crippen molar-refractivity contribution < 1.29 is 192 Å². The number of carbonyl (C=O) groups is 2. The van der Waals surface area contributed by atoms with Gasteiger partial charge in [0.2, 0.25) is 12.0 Å². The molecule has 6 rings (SSSR count). The van der Waals surface area contributed by atoms with Gasteiger partial charge >= 0.3 is 53.5 Å². The van der Waals surface area contributed by atoms with Gasteiger partial charge in [-0.25, -0.2) is 26.3 Å². The van der Waals surface area contributed by atoms with E-state index in [1.807, 2.05) is 0 Å². The topological polar surface area (TPSA) is 633 Å². The van der Waals surface area contributed by atoms with Crippen LogP contribution in [0.15, 0.2) is 11.8 Å². The molecule has 0 aliphatic carbocycles. The minimum atomic E-state index is -5.60. The van der Waals surface area contributed by atoms with Gasteiger partial charge in [-0.05, 0) is 19.9 Å². The first-order valence-electron chi connectivity index (χ1n) is 25.3. The Morgan fingerprint density at radius 2 is 1.00 bits per heavy atom. The monoisotopic (exact) mass is 1340 g/mol. The van der Waals surface area contributed by atoms with E-state index in [4.69, 9.17) is 52.1 Å². The summed E-state index contributed by atoms with van der Waals surface area (Å²) in [6.45, 7) is -5.02. The summed E-state index contributed by atoms with van der Waals surface area (Å²) in [7, 11) is -21.5. The van der Waals surface area contributed by atoms with Gasteiger partial charge < -0.3 is 113 Å². The number of aliphatic hydroxyl groups is 10. The molecule has 6 aliphatic heterocycles. The van der Waals surface area contributed by atoms with Gasteiger partial charge in [-0.15, -0.1) is 0 Å². The van der Waals surface area contributed by atoms with Crippen LogP contribution in [0.2, 0.25) is 0 Å². The average molecular weight is 1340 g/mol. The first kappa shape index (κ1) is 72.2. The van der Waals surface area contributed by atoms with Gasteiger partial charge in [0.25, 0.3) is 0 Å². The zero-order valence-corrected chi connectivity index (χ0v) is 47.6. The average Bonchev–Trinajstić information content (AvgIpc) is 1.39. The lowest BCUT2D eigenvalue weighted by Crippen LogP contribution is -2.61. The lowest BCUT2D eigenvalue weighted by atomic mass is 9.82. The summed E-state index contributed by atoms with van der Waals surface area (Å²) in [5.41, 5.74) is 0. The lowest BCUT2D eigenvalue weighted by molar-refractivity contribution is -0.327. The predicted molar refractivity (Wildman–Crippen MR) is 259 cm³/mol. The third-order valence-corrected chi connectivity index (χ3v) is 16.3. The number of aliphatic hydroxyl groups excluding tert-OH is 10. The highest BCUT2D eigenvalue weighted by Gasteiger charge is 2.55. The molecule has 41 nitrogen and oxygen atoms in total. The molecule has 18 unspecified atom stereocenters. The molecular formula is C41H66O41S4. The third-order valence-electron chi connectivity index (χ3n) is 14.5. The standard InChI is InChI=1S/C41H66O41S4/c1-12-23(44)32(81-85(62,63)64)30(51)40(75-12)71-7-15-14(5-68-22(24(15)45)11-74-83(56,57)58)6-69-38-27(48)18(26(47)33(79-38)36(54)55)10-70-37-17(9-72-39-28(49)19(43)3-20(77-39)35(52)53)16(25(46)21(4-42)78-37)8-73-41-34(82-86(65,66)67)29(50)31(13(2)76-41)80-84(59,60)61/h3,12-19,21-34,37-51H,4-11H2,1-2H3,(H,52,53)(H,54,55)(H,56,57,58)(H,59,60,61)(H,62,63,64)(H,65,66,67)/t12?,13?,14?,15?,16?,17?,18?,19?,21?,22?,23-,24+,25+,26+,27?,28?,29?,30?,31-,32?,33?,34?,37?,38-,39-,40-,41-/m1/s1. The maximum absolute atomic E-state index is 12.6. The number of rotatable bonds is 27. The van der Waals surface area contributed by atoms with Gasteiger partial charge in [-0.2, -0.15) is 33.7 Å². The lowest BCUT2D eigenvalue weighted by Gasteiger charge is -2.47. The Labute approximate surface area is 487 Å². The summed E-state index contributed by atoms with van der Waals surface area (Å²) in [5, 5.41) is 130. The van der Waals surface area contributed by atoms with Gasteiger partial charge in [0.1, 0.15) is 61.0 Å². The molecule has 86 heavy (non-hydrogen) atoms. The summed E-state index contributed by atoms with van der Waals surface area (Å²) < 4.78 is 210. The molecule has 0 bridgehead atoms. The summed E-state index contributed by atoms with van der Waals surface area (Å²) >= 11 is 0. The molecule has 5 fully saturated rings. The second kappa shape index (κ2) is 29.6. The molecule has 0 aromatic carbocycles. The molecule has 6 heterocycles. The normalized spacial score (nSPS) is 42.1. The SMILES string of the molecule is CC1O[C@@H](OCC2C(CO[C@@H]3OC(C(=O)O)[C@@H](O)C(COC4OC(CO)[C@@H](O)C(CO[C@@H]5OC(C)[C@@H](OS(=O)(=O)O)C(O)C5OS(=O)(=O)O)C4CO[C@@H]4OC(C(=O)O)=CC(O)C4O)C3O)COC(COS(=O)(=O)O)[C@H]2O)C(O)C(OS(=O)(=O)O)[C@@H]1O. The van der Waals surface area contributed by atoms with E-state index in [1.165, 1.54) is 6.92 Å². The molecule has 5 saturated heterocycles. The van der Waals surface area contributed by atoms with E-state index in [-0.39, 0.29) is 0 Å². The van der Waals surface area contributed by atoms with Crippen molar-refractivity contribution in [2.45, 2.75) is 149 Å². The number of hydrogen-bond donors (Lipinski definition) is 16. The van der Waals surface area contributed by atoms with Crippen molar-refractivity contribution in [1.82, 2.24) is 0 Å². The molecule has 6 aliphatic rings.